The summed E-state index contributed by atoms with van der Waals surface area (Å²) in [7, 11) is 0. The van der Waals surface area contributed by atoms with Gasteiger partial charge in [-0.1, -0.05) is 25.4 Å². The average molecular weight is 205 g/mol. The molecule has 3 nitrogen and oxygen atoms in total. The quantitative estimate of drug-likeness (QED) is 0.370. The Hall–Kier alpha value is -0.570. The van der Waals surface area contributed by atoms with Crippen molar-refractivity contribution < 1.29 is 14.3 Å². The maximum Gasteiger partial charge on any atom is 0.334 e. The number of ketones is 1. The van der Waals surface area contributed by atoms with Crippen molar-refractivity contribution in [3.8, 4) is 0 Å². The standard InChI is InChI=1S/C9H13ClO3/c1-4-6-5(2)7(11)9(3,10)8(12)13-6/h5-6H,4H2,1-3H3/t5-,6+,9+/m0/s1. The van der Waals surface area contributed by atoms with Gasteiger partial charge >= 0.3 is 5.97 Å². The summed E-state index contributed by atoms with van der Waals surface area (Å²) in [6, 6.07) is 0. The minimum absolute atomic E-state index is 0.239. The highest BCUT2D eigenvalue weighted by molar-refractivity contribution is 6.46. The molecule has 0 spiro atoms. The number of carbonyl (C=O) groups is 2. The highest BCUT2D eigenvalue weighted by Crippen LogP contribution is 2.31. The third-order valence-corrected chi connectivity index (χ3v) is 2.82. The lowest BCUT2D eigenvalue weighted by molar-refractivity contribution is -0.166. The second kappa shape index (κ2) is 3.29. The van der Waals surface area contributed by atoms with Gasteiger partial charge in [-0.05, 0) is 13.3 Å². The number of esters is 1. The third-order valence-electron chi connectivity index (χ3n) is 2.48. The smallest absolute Gasteiger partial charge is 0.334 e. The summed E-state index contributed by atoms with van der Waals surface area (Å²) < 4.78 is 5.04. The molecule has 0 N–H and O–H groups in total. The molecule has 1 saturated heterocycles. The first-order valence-electron chi connectivity index (χ1n) is 4.35. The van der Waals surface area contributed by atoms with Crippen LogP contribution in [0.15, 0.2) is 0 Å². The van der Waals surface area contributed by atoms with Crippen LogP contribution in [0.1, 0.15) is 27.2 Å². The maximum absolute atomic E-state index is 11.6. The predicted molar refractivity (Wildman–Crippen MR) is 48.6 cm³/mol. The highest BCUT2D eigenvalue weighted by Gasteiger charge is 2.50. The number of hydrogen-bond donors (Lipinski definition) is 0. The highest BCUT2D eigenvalue weighted by atomic mass is 35.5. The summed E-state index contributed by atoms with van der Waals surface area (Å²) in [6.07, 6.45) is 0.331. The van der Waals surface area contributed by atoms with Crippen LogP contribution in [0, 0.1) is 5.92 Å². The molecule has 0 aromatic rings. The Labute approximate surface area is 82.4 Å². The van der Waals surface area contributed by atoms with Crippen molar-refractivity contribution in [1.29, 1.82) is 0 Å². The Morgan fingerprint density at radius 3 is 2.54 bits per heavy atom. The minimum Gasteiger partial charge on any atom is -0.460 e. The van der Waals surface area contributed by atoms with Gasteiger partial charge in [-0.25, -0.2) is 4.79 Å². The lowest BCUT2D eigenvalue weighted by Gasteiger charge is -2.34. The molecule has 1 aliphatic heterocycles. The van der Waals surface area contributed by atoms with E-state index in [4.69, 9.17) is 16.3 Å². The number of ether oxygens (including phenoxy) is 1. The summed E-state index contributed by atoms with van der Waals surface area (Å²) >= 11 is 5.77. The van der Waals surface area contributed by atoms with Crippen LogP contribution in [-0.4, -0.2) is 22.7 Å². The van der Waals surface area contributed by atoms with Gasteiger partial charge in [0.15, 0.2) is 10.7 Å². The molecule has 74 valence electrons. The summed E-state index contributed by atoms with van der Waals surface area (Å²) in [4.78, 5) is 21.4. The molecule has 3 atom stereocenters. The second-order valence-electron chi connectivity index (χ2n) is 3.51. The van der Waals surface area contributed by atoms with Crippen molar-refractivity contribution in [2.75, 3.05) is 0 Å². The van der Waals surface area contributed by atoms with Crippen molar-refractivity contribution in [1.82, 2.24) is 0 Å². The summed E-state index contributed by atoms with van der Waals surface area (Å²) in [6.45, 7) is 5.00. The molecule has 0 aromatic carbocycles. The molecule has 0 radical (unpaired) electrons. The van der Waals surface area contributed by atoms with Gasteiger partial charge in [0, 0.05) is 0 Å². The van der Waals surface area contributed by atoms with Crippen molar-refractivity contribution in [3.63, 3.8) is 0 Å². The molecule has 1 rings (SSSR count). The van der Waals surface area contributed by atoms with E-state index in [2.05, 4.69) is 0 Å². The Morgan fingerprint density at radius 2 is 2.08 bits per heavy atom. The van der Waals surface area contributed by atoms with E-state index in [9.17, 15) is 9.59 Å². The topological polar surface area (TPSA) is 43.4 Å². The van der Waals surface area contributed by atoms with Gasteiger partial charge in [0.2, 0.25) is 0 Å². The van der Waals surface area contributed by atoms with Gasteiger partial charge in [0.05, 0.1) is 5.92 Å². The first-order chi connectivity index (χ1) is 5.91. The molecule has 0 saturated carbocycles. The largest absolute Gasteiger partial charge is 0.460 e. The fourth-order valence-corrected chi connectivity index (χ4v) is 1.70. The number of hydrogen-bond acceptors (Lipinski definition) is 3. The zero-order chi connectivity index (χ0) is 10.2. The Bertz CT molecular complexity index is 247. The van der Waals surface area contributed by atoms with Gasteiger partial charge in [-0.3, -0.25) is 4.79 Å². The number of rotatable bonds is 1. The van der Waals surface area contributed by atoms with Gasteiger partial charge < -0.3 is 4.74 Å². The van der Waals surface area contributed by atoms with Crippen molar-refractivity contribution >= 4 is 23.4 Å². The van der Waals surface area contributed by atoms with Crippen LogP contribution in [0.2, 0.25) is 0 Å². The first kappa shape index (κ1) is 10.5. The molecule has 4 heteroatoms. The number of carbonyl (C=O) groups excluding carboxylic acids is 2. The van der Waals surface area contributed by atoms with E-state index in [0.29, 0.717) is 6.42 Å². The first-order valence-corrected chi connectivity index (χ1v) is 4.73. The van der Waals surface area contributed by atoms with Crippen LogP contribution >= 0.6 is 11.6 Å². The van der Waals surface area contributed by atoms with E-state index in [-0.39, 0.29) is 17.8 Å². The van der Waals surface area contributed by atoms with Crippen molar-refractivity contribution in [2.24, 2.45) is 5.92 Å². The molecule has 1 heterocycles. The summed E-state index contributed by atoms with van der Waals surface area (Å²) in [5, 5.41) is 0. The predicted octanol–water partition coefficient (Wildman–Crippen LogP) is 1.52. The lowest BCUT2D eigenvalue weighted by Crippen LogP contribution is -2.52. The molecule has 0 bridgehead atoms. The number of Topliss-reactive ketones (excluding diaryl/α,β-unsaturated/α-hetero) is 1. The molecule has 0 amide bonds. The average Bonchev–Trinajstić information content (AvgIpc) is 2.09. The molecule has 0 aliphatic carbocycles. The Balaban J connectivity index is 2.92. The van der Waals surface area contributed by atoms with E-state index in [1.165, 1.54) is 6.92 Å². The number of alkyl halides is 1. The molecule has 13 heavy (non-hydrogen) atoms. The van der Waals surface area contributed by atoms with Crippen LogP contribution in [0.5, 0.6) is 0 Å². The molecule has 1 fully saturated rings. The molecular weight excluding hydrogens is 192 g/mol. The number of cyclic esters (lactones) is 1. The van der Waals surface area contributed by atoms with Crippen LogP contribution in [0.25, 0.3) is 0 Å². The van der Waals surface area contributed by atoms with Gasteiger partial charge in [0.25, 0.3) is 0 Å². The number of halogens is 1. The maximum atomic E-state index is 11.6. The van der Waals surface area contributed by atoms with E-state index in [1.54, 1.807) is 6.92 Å². The van der Waals surface area contributed by atoms with Gasteiger partial charge in [-0.2, -0.15) is 0 Å². The monoisotopic (exact) mass is 204 g/mol. The van der Waals surface area contributed by atoms with Gasteiger partial charge in [0.1, 0.15) is 6.10 Å². The molecule has 1 aliphatic rings. The second-order valence-corrected chi connectivity index (χ2v) is 4.26. The summed E-state index contributed by atoms with van der Waals surface area (Å²) in [5.41, 5.74) is 0. The zero-order valence-electron chi connectivity index (χ0n) is 7.96. The van der Waals surface area contributed by atoms with E-state index in [1.807, 2.05) is 6.92 Å². The van der Waals surface area contributed by atoms with Gasteiger partial charge in [-0.15, -0.1) is 0 Å². The normalized spacial score (nSPS) is 40.3. The minimum atomic E-state index is -1.48. The van der Waals surface area contributed by atoms with Crippen LogP contribution in [0.4, 0.5) is 0 Å². The fraction of sp³-hybridized carbons (Fsp3) is 0.778. The zero-order valence-corrected chi connectivity index (χ0v) is 8.72. The van der Waals surface area contributed by atoms with Crippen molar-refractivity contribution in [2.45, 2.75) is 38.2 Å². The Morgan fingerprint density at radius 1 is 1.54 bits per heavy atom. The SMILES string of the molecule is CC[C@H]1OC(=O)[C@](C)(Cl)C(=O)[C@H]1C. The molecular formula is C9H13ClO3. The van der Waals surface area contributed by atoms with E-state index >= 15 is 0 Å². The van der Waals surface area contributed by atoms with Crippen LogP contribution in [-0.2, 0) is 14.3 Å². The lowest BCUT2D eigenvalue weighted by atomic mass is 9.86. The van der Waals surface area contributed by atoms with Crippen LogP contribution in [0.3, 0.4) is 0 Å². The van der Waals surface area contributed by atoms with E-state index < -0.39 is 10.8 Å². The molecule has 0 unspecified atom stereocenters. The fourth-order valence-electron chi connectivity index (χ4n) is 1.48. The summed E-state index contributed by atoms with van der Waals surface area (Å²) in [5.74, 6) is -1.16. The third kappa shape index (κ3) is 1.57. The van der Waals surface area contributed by atoms with E-state index in [0.717, 1.165) is 0 Å². The van der Waals surface area contributed by atoms with Crippen LogP contribution < -0.4 is 0 Å². The Kier molecular flexibility index (Phi) is 2.66. The molecule has 0 aromatic heterocycles. The van der Waals surface area contributed by atoms with Crippen molar-refractivity contribution in [3.05, 3.63) is 0 Å².